The molecule has 5 rings (SSSR count). The predicted molar refractivity (Wildman–Crippen MR) is 122 cm³/mol. The van der Waals surface area contributed by atoms with Crippen LogP contribution in [0.15, 0.2) is 35.3 Å². The molecule has 1 aliphatic carbocycles. The Labute approximate surface area is 219 Å². The third-order valence-corrected chi connectivity index (χ3v) is 6.55. The maximum absolute atomic E-state index is 15.3. The lowest BCUT2D eigenvalue weighted by Crippen LogP contribution is -2.59. The van der Waals surface area contributed by atoms with Gasteiger partial charge < -0.3 is 10.1 Å². The molecule has 1 saturated carbocycles. The number of nitrogens with zero attached hydrogens (tertiary/aromatic N) is 5. The number of rotatable bonds is 8. The Kier molecular flexibility index (Phi) is 6.70. The largest absolute Gasteiger partial charge is 0.493 e. The Bertz CT molecular complexity index is 1520. The normalized spacial score (nSPS) is 20.1. The highest BCUT2D eigenvalue weighted by molar-refractivity contribution is 6.22. The Hall–Kier alpha value is -4.18. The summed E-state index contributed by atoms with van der Waals surface area (Å²) < 4.78 is 104. The highest BCUT2D eigenvalue weighted by Gasteiger charge is 2.61. The smallest absolute Gasteiger partial charge is 0.416 e. The van der Waals surface area contributed by atoms with Crippen molar-refractivity contribution in [3.8, 4) is 5.75 Å². The average Bonchev–Trinajstić information content (AvgIpc) is 3.44. The van der Waals surface area contributed by atoms with E-state index in [0.29, 0.717) is 10.7 Å². The standard InChI is InChI=1S/C23H20F7N7O3/c24-16-10-13(40-9-1-7-22(25,26)27)4-5-15(16)21(23(28,29)30)11-14(17-6-8-36(33-17)12-2-3-12)18(19(38)31-21)37-20(39)32-34-35-37/h4-6,8,10,12H,1-3,7,9,11H2,(H,31,38)(H,32,35,39)/t21-/m0/s1. The summed E-state index contributed by atoms with van der Waals surface area (Å²) in [7, 11) is 0. The number of amides is 1. The minimum Gasteiger partial charge on any atom is -0.493 e. The number of alkyl halides is 6. The Morgan fingerprint density at radius 1 is 1.10 bits per heavy atom. The summed E-state index contributed by atoms with van der Waals surface area (Å²) in [5, 5.41) is 14.9. The number of H-pyrrole nitrogens is 1. The van der Waals surface area contributed by atoms with Crippen LogP contribution in [0.4, 0.5) is 30.7 Å². The SMILES string of the molecule is O=C1N[C@@](c2ccc(OCCCC(F)(F)F)cc2F)(C(F)(F)F)CC(c2ccn(C3CC3)n2)=C1n1nn[nH]c1=O. The van der Waals surface area contributed by atoms with Gasteiger partial charge in [0.15, 0.2) is 5.54 Å². The zero-order valence-electron chi connectivity index (χ0n) is 20.3. The Morgan fingerprint density at radius 2 is 1.85 bits per heavy atom. The average molecular weight is 575 g/mol. The molecule has 214 valence electrons. The number of halogens is 7. The molecule has 1 aliphatic heterocycles. The van der Waals surface area contributed by atoms with Crippen LogP contribution < -0.4 is 15.7 Å². The monoisotopic (exact) mass is 575 g/mol. The fourth-order valence-electron chi connectivity index (χ4n) is 4.49. The molecule has 1 amide bonds. The molecule has 17 heteroatoms. The van der Waals surface area contributed by atoms with Gasteiger partial charge in [-0.2, -0.15) is 36.1 Å². The molecule has 1 fully saturated rings. The number of hydrogen-bond donors (Lipinski definition) is 2. The van der Waals surface area contributed by atoms with Crippen molar-refractivity contribution in [2.45, 2.75) is 56.0 Å². The van der Waals surface area contributed by atoms with Crippen LogP contribution in [0.1, 0.15) is 49.4 Å². The van der Waals surface area contributed by atoms with E-state index in [1.807, 2.05) is 10.4 Å². The number of nitrogens with one attached hydrogen (secondary N) is 2. The van der Waals surface area contributed by atoms with Crippen LogP contribution in [0.5, 0.6) is 5.75 Å². The zero-order valence-corrected chi connectivity index (χ0v) is 20.3. The topological polar surface area (TPSA) is 120 Å². The summed E-state index contributed by atoms with van der Waals surface area (Å²) in [5.74, 6) is -3.10. The Morgan fingerprint density at radius 3 is 2.45 bits per heavy atom. The first-order valence-corrected chi connectivity index (χ1v) is 12.0. The maximum Gasteiger partial charge on any atom is 0.416 e. The van der Waals surface area contributed by atoms with Crippen molar-refractivity contribution >= 4 is 17.2 Å². The molecule has 1 atom stereocenters. The quantitative estimate of drug-likeness (QED) is 0.312. The second kappa shape index (κ2) is 9.78. The van der Waals surface area contributed by atoms with Gasteiger partial charge in [-0.3, -0.25) is 9.48 Å². The minimum atomic E-state index is -5.26. The van der Waals surface area contributed by atoms with Gasteiger partial charge in [0.1, 0.15) is 17.3 Å². The van der Waals surface area contributed by atoms with Crippen LogP contribution >= 0.6 is 0 Å². The van der Waals surface area contributed by atoms with Crippen LogP contribution in [-0.4, -0.2) is 54.9 Å². The molecule has 2 aromatic heterocycles. The van der Waals surface area contributed by atoms with E-state index in [4.69, 9.17) is 4.74 Å². The summed E-state index contributed by atoms with van der Waals surface area (Å²) in [6.45, 7) is -0.453. The van der Waals surface area contributed by atoms with Crippen molar-refractivity contribution in [2.75, 3.05) is 6.61 Å². The summed E-state index contributed by atoms with van der Waals surface area (Å²) in [4.78, 5) is 25.5. The molecular formula is C23H20F7N7O3. The van der Waals surface area contributed by atoms with Gasteiger partial charge in [0, 0.05) is 36.2 Å². The molecule has 0 unspecified atom stereocenters. The first-order chi connectivity index (χ1) is 18.8. The van der Waals surface area contributed by atoms with Crippen LogP contribution in [0.2, 0.25) is 0 Å². The van der Waals surface area contributed by atoms with E-state index in [0.717, 1.165) is 25.0 Å². The number of carbonyl (C=O) groups is 1. The number of hydrogen-bond acceptors (Lipinski definition) is 6. The van der Waals surface area contributed by atoms with Crippen molar-refractivity contribution in [1.82, 2.24) is 35.3 Å². The number of carbonyl (C=O) groups excluding carboxylic acids is 1. The second-order valence-electron chi connectivity index (χ2n) is 9.40. The van der Waals surface area contributed by atoms with Gasteiger partial charge in [-0.25, -0.2) is 14.3 Å². The van der Waals surface area contributed by atoms with Gasteiger partial charge in [0.25, 0.3) is 5.91 Å². The molecule has 10 nitrogen and oxygen atoms in total. The third-order valence-electron chi connectivity index (χ3n) is 6.55. The highest BCUT2D eigenvalue weighted by Crippen LogP contribution is 2.50. The van der Waals surface area contributed by atoms with Gasteiger partial charge in [0.2, 0.25) is 0 Å². The maximum atomic E-state index is 15.3. The minimum absolute atomic E-state index is 0.0403. The van der Waals surface area contributed by atoms with Crippen molar-refractivity contribution in [3.63, 3.8) is 0 Å². The lowest BCUT2D eigenvalue weighted by molar-refractivity contribution is -0.202. The molecule has 0 spiro atoms. The van der Waals surface area contributed by atoms with Crippen LogP contribution in [-0.2, 0) is 10.3 Å². The molecule has 2 N–H and O–H groups in total. The first kappa shape index (κ1) is 27.4. The summed E-state index contributed by atoms with van der Waals surface area (Å²) in [6.07, 6.45) is -9.22. The summed E-state index contributed by atoms with van der Waals surface area (Å²) >= 11 is 0. The van der Waals surface area contributed by atoms with Gasteiger partial charge in [0.05, 0.1) is 18.3 Å². The summed E-state index contributed by atoms with van der Waals surface area (Å²) in [6, 6.07) is 3.74. The molecule has 3 aromatic rings. The van der Waals surface area contributed by atoms with Crippen molar-refractivity contribution < 1.29 is 40.3 Å². The molecule has 1 aromatic carbocycles. The number of tetrazole rings is 1. The number of benzene rings is 1. The van der Waals surface area contributed by atoms with Crippen LogP contribution in [0.25, 0.3) is 11.3 Å². The first-order valence-electron chi connectivity index (χ1n) is 12.0. The van der Waals surface area contributed by atoms with E-state index in [1.165, 1.54) is 16.9 Å². The van der Waals surface area contributed by atoms with Gasteiger partial charge in [-0.05, 0) is 47.9 Å². The number of aromatic amines is 1. The summed E-state index contributed by atoms with van der Waals surface area (Å²) in [5.41, 5.74) is -6.22. The fourth-order valence-corrected chi connectivity index (χ4v) is 4.49. The van der Waals surface area contributed by atoms with E-state index in [2.05, 4.69) is 15.5 Å². The van der Waals surface area contributed by atoms with Crippen molar-refractivity contribution in [1.29, 1.82) is 0 Å². The van der Waals surface area contributed by atoms with Gasteiger partial charge in [-0.1, -0.05) is 0 Å². The number of aromatic nitrogens is 6. The fraction of sp³-hybridized carbons (Fsp3) is 0.435. The van der Waals surface area contributed by atoms with Crippen molar-refractivity contribution in [3.05, 3.63) is 58.0 Å². The Balaban J connectivity index is 1.55. The van der Waals surface area contributed by atoms with E-state index >= 15 is 4.39 Å². The van der Waals surface area contributed by atoms with E-state index < -0.39 is 72.4 Å². The van der Waals surface area contributed by atoms with Crippen molar-refractivity contribution in [2.24, 2.45) is 0 Å². The van der Waals surface area contributed by atoms with E-state index in [1.54, 1.807) is 0 Å². The predicted octanol–water partition coefficient (Wildman–Crippen LogP) is 3.70. The molecule has 0 saturated heterocycles. The lowest BCUT2D eigenvalue weighted by Gasteiger charge is -2.41. The molecule has 40 heavy (non-hydrogen) atoms. The van der Waals surface area contributed by atoms with Crippen LogP contribution in [0.3, 0.4) is 0 Å². The lowest BCUT2D eigenvalue weighted by atomic mass is 9.78. The van der Waals surface area contributed by atoms with E-state index in [9.17, 15) is 35.9 Å². The van der Waals surface area contributed by atoms with Gasteiger partial charge in [-0.15, -0.1) is 0 Å². The molecular weight excluding hydrogens is 555 g/mol. The molecule has 0 radical (unpaired) electrons. The van der Waals surface area contributed by atoms with Crippen LogP contribution in [0, 0.1) is 5.82 Å². The molecule has 3 heterocycles. The highest BCUT2D eigenvalue weighted by atomic mass is 19.4. The zero-order chi connectivity index (χ0) is 28.9. The third kappa shape index (κ3) is 5.19. The van der Waals surface area contributed by atoms with E-state index in [-0.39, 0.29) is 23.1 Å². The molecule has 0 bridgehead atoms. The second-order valence-corrected chi connectivity index (χ2v) is 9.40. The van der Waals surface area contributed by atoms with Gasteiger partial charge >= 0.3 is 18.0 Å². The number of ether oxygens (including phenoxy) is 1. The molecule has 2 aliphatic rings.